The summed E-state index contributed by atoms with van der Waals surface area (Å²) >= 11 is 0. The predicted molar refractivity (Wildman–Crippen MR) is 49.1 cm³/mol. The average Bonchev–Trinajstić information content (AvgIpc) is 2.04. The van der Waals surface area contributed by atoms with Crippen LogP contribution < -0.4 is 5.32 Å². The maximum Gasteiger partial charge on any atom is 0.224 e. The van der Waals surface area contributed by atoms with E-state index in [0.29, 0.717) is 12.8 Å². The summed E-state index contributed by atoms with van der Waals surface area (Å²) in [5.74, 6) is 0.148. The molecule has 0 aliphatic carbocycles. The van der Waals surface area contributed by atoms with Gasteiger partial charge in [0, 0.05) is 33.0 Å². The molecule has 1 atom stereocenters. The molecule has 0 aromatic carbocycles. The van der Waals surface area contributed by atoms with Gasteiger partial charge in [0.05, 0.1) is 0 Å². The lowest BCUT2D eigenvalue weighted by atomic mass is 10.0. The molecule has 1 fully saturated rings. The van der Waals surface area contributed by atoms with E-state index in [1.807, 2.05) is 0 Å². The minimum absolute atomic E-state index is 0.0520. The van der Waals surface area contributed by atoms with Crippen molar-refractivity contribution in [1.29, 1.82) is 0 Å². The second kappa shape index (κ2) is 4.25. The number of carbonyl (C=O) groups excluding carboxylic acids is 2. The fraction of sp³-hybridized carbons (Fsp3) is 0.778. The minimum Gasteiger partial charge on any atom is -0.353 e. The van der Waals surface area contributed by atoms with Crippen molar-refractivity contribution in [3.05, 3.63) is 0 Å². The first kappa shape index (κ1) is 10.0. The smallest absolute Gasteiger partial charge is 0.224 e. The fourth-order valence-corrected chi connectivity index (χ4v) is 1.43. The van der Waals surface area contributed by atoms with Gasteiger partial charge in [-0.25, -0.2) is 0 Å². The van der Waals surface area contributed by atoms with Crippen LogP contribution in [-0.4, -0.2) is 36.9 Å². The highest BCUT2D eigenvalue weighted by Crippen LogP contribution is 2.11. The van der Waals surface area contributed by atoms with Gasteiger partial charge in [0.15, 0.2) is 0 Å². The van der Waals surface area contributed by atoms with Crippen molar-refractivity contribution >= 4 is 11.8 Å². The molecule has 2 amide bonds. The van der Waals surface area contributed by atoms with Gasteiger partial charge in [-0.15, -0.1) is 0 Å². The van der Waals surface area contributed by atoms with Crippen molar-refractivity contribution in [1.82, 2.24) is 10.2 Å². The quantitative estimate of drug-likeness (QED) is 0.663. The highest BCUT2D eigenvalue weighted by atomic mass is 16.2. The second-order valence-corrected chi connectivity index (χ2v) is 3.65. The Morgan fingerprint density at radius 1 is 1.62 bits per heavy atom. The summed E-state index contributed by atoms with van der Waals surface area (Å²) in [5.41, 5.74) is 0. The van der Waals surface area contributed by atoms with E-state index >= 15 is 0 Å². The highest BCUT2D eigenvalue weighted by molar-refractivity contribution is 5.80. The van der Waals surface area contributed by atoms with Crippen LogP contribution in [0.5, 0.6) is 0 Å². The predicted octanol–water partition coefficient (Wildman–Crippen LogP) is 0.133. The summed E-state index contributed by atoms with van der Waals surface area (Å²) in [7, 11) is 3.46. The van der Waals surface area contributed by atoms with Gasteiger partial charge in [-0.1, -0.05) is 0 Å². The van der Waals surface area contributed by atoms with E-state index in [9.17, 15) is 9.59 Å². The first-order chi connectivity index (χ1) is 6.09. The SMILES string of the molecule is CN(C)C(=O)CC1CCCC(=O)N1. The van der Waals surface area contributed by atoms with Crippen LogP contribution >= 0.6 is 0 Å². The molecule has 74 valence electrons. The van der Waals surface area contributed by atoms with E-state index in [2.05, 4.69) is 5.32 Å². The van der Waals surface area contributed by atoms with E-state index in [1.165, 1.54) is 0 Å². The Bertz CT molecular complexity index is 214. The maximum atomic E-state index is 11.3. The van der Waals surface area contributed by atoms with Crippen LogP contribution in [0.2, 0.25) is 0 Å². The zero-order valence-electron chi connectivity index (χ0n) is 8.17. The molecule has 1 aliphatic heterocycles. The summed E-state index contributed by atoms with van der Waals surface area (Å²) < 4.78 is 0. The Hall–Kier alpha value is -1.06. The van der Waals surface area contributed by atoms with Crippen LogP contribution in [0.3, 0.4) is 0 Å². The maximum absolute atomic E-state index is 11.3. The fourth-order valence-electron chi connectivity index (χ4n) is 1.43. The van der Waals surface area contributed by atoms with Gasteiger partial charge in [-0.3, -0.25) is 9.59 Å². The van der Waals surface area contributed by atoms with E-state index in [1.54, 1.807) is 19.0 Å². The summed E-state index contributed by atoms with van der Waals surface area (Å²) in [5, 5.41) is 2.82. The molecule has 0 aromatic heterocycles. The molecule has 0 spiro atoms. The largest absolute Gasteiger partial charge is 0.353 e. The standard InChI is InChI=1S/C9H16N2O2/c1-11(2)9(13)6-7-4-3-5-8(12)10-7/h7H,3-6H2,1-2H3,(H,10,12). The molecule has 13 heavy (non-hydrogen) atoms. The second-order valence-electron chi connectivity index (χ2n) is 3.65. The number of nitrogens with one attached hydrogen (secondary N) is 1. The number of carbonyl (C=O) groups is 2. The van der Waals surface area contributed by atoms with Crippen LogP contribution in [0, 0.1) is 0 Å². The molecule has 0 saturated carbocycles. The van der Waals surface area contributed by atoms with Crippen LogP contribution in [-0.2, 0) is 9.59 Å². The molecule has 1 rings (SSSR count). The lowest BCUT2D eigenvalue weighted by Crippen LogP contribution is -2.41. The highest BCUT2D eigenvalue weighted by Gasteiger charge is 2.21. The van der Waals surface area contributed by atoms with Crippen molar-refractivity contribution in [2.45, 2.75) is 31.7 Å². The molecule has 0 aromatic rings. The van der Waals surface area contributed by atoms with E-state index in [-0.39, 0.29) is 17.9 Å². The van der Waals surface area contributed by atoms with Crippen molar-refractivity contribution < 1.29 is 9.59 Å². The Morgan fingerprint density at radius 2 is 2.31 bits per heavy atom. The number of rotatable bonds is 2. The third-order valence-corrected chi connectivity index (χ3v) is 2.24. The summed E-state index contributed by atoms with van der Waals surface area (Å²) in [4.78, 5) is 23.8. The number of nitrogens with zero attached hydrogens (tertiary/aromatic N) is 1. The van der Waals surface area contributed by atoms with Gasteiger partial charge in [0.25, 0.3) is 0 Å². The Morgan fingerprint density at radius 3 is 2.85 bits per heavy atom. The molecular formula is C9H16N2O2. The monoisotopic (exact) mass is 184 g/mol. The first-order valence-corrected chi connectivity index (χ1v) is 4.59. The van der Waals surface area contributed by atoms with Gasteiger partial charge >= 0.3 is 0 Å². The molecule has 1 N–H and O–H groups in total. The van der Waals surface area contributed by atoms with Gasteiger partial charge in [-0.05, 0) is 12.8 Å². The molecule has 1 unspecified atom stereocenters. The number of piperidine rings is 1. The summed E-state index contributed by atoms with van der Waals surface area (Å²) in [6.07, 6.45) is 2.86. The van der Waals surface area contributed by atoms with E-state index in [4.69, 9.17) is 0 Å². The third kappa shape index (κ3) is 3.05. The number of hydrogen-bond donors (Lipinski definition) is 1. The Kier molecular flexibility index (Phi) is 3.28. The zero-order valence-corrected chi connectivity index (χ0v) is 8.17. The van der Waals surface area contributed by atoms with E-state index < -0.39 is 0 Å². The van der Waals surface area contributed by atoms with Crippen molar-refractivity contribution in [3.63, 3.8) is 0 Å². The molecule has 1 aliphatic rings. The van der Waals surface area contributed by atoms with Gasteiger partial charge in [0.1, 0.15) is 0 Å². The lowest BCUT2D eigenvalue weighted by molar-refractivity contribution is -0.130. The summed E-state index contributed by atoms with van der Waals surface area (Å²) in [6.45, 7) is 0. The Balaban J connectivity index is 2.36. The molecular weight excluding hydrogens is 168 g/mol. The van der Waals surface area contributed by atoms with Crippen molar-refractivity contribution in [3.8, 4) is 0 Å². The van der Waals surface area contributed by atoms with E-state index in [0.717, 1.165) is 12.8 Å². The molecule has 1 heterocycles. The van der Waals surface area contributed by atoms with Crippen LogP contribution in [0.1, 0.15) is 25.7 Å². The van der Waals surface area contributed by atoms with Gasteiger partial charge < -0.3 is 10.2 Å². The molecule has 0 radical (unpaired) electrons. The zero-order chi connectivity index (χ0) is 9.84. The molecule has 1 saturated heterocycles. The third-order valence-electron chi connectivity index (χ3n) is 2.24. The number of amides is 2. The first-order valence-electron chi connectivity index (χ1n) is 4.59. The van der Waals surface area contributed by atoms with Gasteiger partial charge in [-0.2, -0.15) is 0 Å². The number of hydrogen-bond acceptors (Lipinski definition) is 2. The Labute approximate surface area is 78.3 Å². The van der Waals surface area contributed by atoms with Gasteiger partial charge in [0.2, 0.25) is 11.8 Å². The van der Waals surface area contributed by atoms with Crippen molar-refractivity contribution in [2.24, 2.45) is 0 Å². The summed E-state index contributed by atoms with van der Waals surface area (Å²) in [6, 6.07) is 0.0520. The normalized spacial score (nSPS) is 22.3. The van der Waals surface area contributed by atoms with Crippen molar-refractivity contribution in [2.75, 3.05) is 14.1 Å². The lowest BCUT2D eigenvalue weighted by Gasteiger charge is -2.23. The molecule has 4 nitrogen and oxygen atoms in total. The molecule has 4 heteroatoms. The minimum atomic E-state index is 0.0520. The van der Waals surface area contributed by atoms with Crippen LogP contribution in [0.15, 0.2) is 0 Å². The average molecular weight is 184 g/mol. The van der Waals surface area contributed by atoms with Crippen LogP contribution in [0.25, 0.3) is 0 Å². The molecule has 0 bridgehead atoms. The van der Waals surface area contributed by atoms with Crippen LogP contribution in [0.4, 0.5) is 0 Å². The topological polar surface area (TPSA) is 49.4 Å².